The Morgan fingerprint density at radius 1 is 1.20 bits per heavy atom. The van der Waals surface area contributed by atoms with Crippen LogP contribution in [0.3, 0.4) is 0 Å². The molecule has 1 aromatic heterocycles. The maximum atomic E-state index is 12.2. The number of hydrogen-bond acceptors (Lipinski definition) is 4. The van der Waals surface area contributed by atoms with Gasteiger partial charge in [-0.1, -0.05) is 18.2 Å². The van der Waals surface area contributed by atoms with E-state index >= 15 is 0 Å². The molecule has 1 aromatic carbocycles. The van der Waals surface area contributed by atoms with Crippen molar-refractivity contribution in [3.05, 3.63) is 45.8 Å². The van der Waals surface area contributed by atoms with Gasteiger partial charge in [0.1, 0.15) is 5.58 Å². The maximum absolute atomic E-state index is 12.2. The van der Waals surface area contributed by atoms with Gasteiger partial charge in [0.15, 0.2) is 5.56 Å². The second kappa shape index (κ2) is 5.16. The molecular weight excluding hydrogens is 262 g/mol. The van der Waals surface area contributed by atoms with Crippen molar-refractivity contribution in [2.24, 2.45) is 0 Å². The third kappa shape index (κ3) is 2.40. The van der Waals surface area contributed by atoms with Gasteiger partial charge in [-0.25, -0.2) is 9.59 Å². The Morgan fingerprint density at radius 2 is 1.85 bits per heavy atom. The van der Waals surface area contributed by atoms with Crippen LogP contribution in [0.25, 0.3) is 11.0 Å². The Balaban J connectivity index is 2.82. The average molecular weight is 275 g/mol. The molecule has 0 atom stereocenters. The molecule has 0 saturated carbocycles. The molecule has 1 amide bonds. The molecule has 0 radical (unpaired) electrons. The molecule has 0 saturated heterocycles. The molecular formula is C14H13NO5. The predicted octanol–water partition coefficient (Wildman–Crippen LogP) is 1.63. The van der Waals surface area contributed by atoms with Gasteiger partial charge in [-0.2, -0.15) is 0 Å². The van der Waals surface area contributed by atoms with Gasteiger partial charge in [0.05, 0.1) is 5.56 Å². The number of carbonyl (C=O) groups is 2. The van der Waals surface area contributed by atoms with Crippen molar-refractivity contribution in [3.8, 4) is 0 Å². The van der Waals surface area contributed by atoms with Crippen molar-refractivity contribution in [1.82, 2.24) is 5.32 Å². The second-order valence-corrected chi connectivity index (χ2v) is 4.57. The van der Waals surface area contributed by atoms with E-state index in [4.69, 9.17) is 9.52 Å². The van der Waals surface area contributed by atoms with Crippen LogP contribution in [0.5, 0.6) is 0 Å². The summed E-state index contributed by atoms with van der Waals surface area (Å²) in [7, 11) is 0. The molecule has 20 heavy (non-hydrogen) atoms. The number of rotatable bonds is 3. The zero-order valence-electron chi connectivity index (χ0n) is 11.0. The summed E-state index contributed by atoms with van der Waals surface area (Å²) in [5, 5.41) is 12.0. The van der Waals surface area contributed by atoms with Crippen LogP contribution >= 0.6 is 0 Å². The Morgan fingerprint density at radius 3 is 2.45 bits per heavy atom. The SMILES string of the molecule is CC(C)NC(=O)c1c(C(=O)O)c(=O)oc2ccccc12. The van der Waals surface area contributed by atoms with Crippen LogP contribution in [0.2, 0.25) is 0 Å². The highest BCUT2D eigenvalue weighted by atomic mass is 16.4. The summed E-state index contributed by atoms with van der Waals surface area (Å²) < 4.78 is 4.93. The minimum Gasteiger partial charge on any atom is -0.477 e. The van der Waals surface area contributed by atoms with E-state index < -0.39 is 23.1 Å². The molecule has 2 N–H and O–H groups in total. The van der Waals surface area contributed by atoms with Crippen molar-refractivity contribution in [3.63, 3.8) is 0 Å². The Labute approximate surface area is 114 Å². The number of amides is 1. The number of nitrogens with one attached hydrogen (secondary N) is 1. The van der Waals surface area contributed by atoms with E-state index in [9.17, 15) is 14.4 Å². The molecule has 0 unspecified atom stereocenters. The number of carboxylic acids is 1. The third-order valence-electron chi connectivity index (χ3n) is 2.67. The van der Waals surface area contributed by atoms with Crippen molar-refractivity contribution in [2.45, 2.75) is 19.9 Å². The Hall–Kier alpha value is -2.63. The average Bonchev–Trinajstić information content (AvgIpc) is 2.35. The van der Waals surface area contributed by atoms with Gasteiger partial charge in [0.25, 0.3) is 5.91 Å². The standard InChI is InChI=1S/C14H13NO5/c1-7(2)15-12(16)10-8-5-3-4-6-9(8)20-14(19)11(10)13(17)18/h3-7H,1-2H3,(H,15,16)(H,17,18). The van der Waals surface area contributed by atoms with Gasteiger partial charge in [0, 0.05) is 11.4 Å². The fraction of sp³-hybridized carbons (Fsp3) is 0.214. The van der Waals surface area contributed by atoms with Crippen molar-refractivity contribution in [2.75, 3.05) is 0 Å². The molecule has 6 nitrogen and oxygen atoms in total. The molecule has 0 fully saturated rings. The summed E-state index contributed by atoms with van der Waals surface area (Å²) >= 11 is 0. The van der Waals surface area contributed by atoms with Crippen molar-refractivity contribution in [1.29, 1.82) is 0 Å². The molecule has 104 valence electrons. The lowest BCUT2D eigenvalue weighted by molar-refractivity contribution is 0.0686. The van der Waals surface area contributed by atoms with E-state index in [-0.39, 0.29) is 17.2 Å². The molecule has 0 aliphatic rings. The topological polar surface area (TPSA) is 96.6 Å². The first kappa shape index (κ1) is 13.8. The lowest BCUT2D eigenvalue weighted by Crippen LogP contribution is -2.33. The van der Waals surface area contributed by atoms with Crippen molar-refractivity contribution >= 4 is 22.8 Å². The number of fused-ring (bicyclic) bond motifs is 1. The lowest BCUT2D eigenvalue weighted by Gasteiger charge is -2.11. The quantitative estimate of drug-likeness (QED) is 0.830. The highest BCUT2D eigenvalue weighted by Gasteiger charge is 2.25. The molecule has 1 heterocycles. The van der Waals surface area contributed by atoms with Gasteiger partial charge in [-0.05, 0) is 19.9 Å². The Bertz CT molecular complexity index is 745. The third-order valence-corrected chi connectivity index (χ3v) is 2.67. The smallest absolute Gasteiger partial charge is 0.351 e. The van der Waals surface area contributed by atoms with Gasteiger partial charge < -0.3 is 14.8 Å². The van der Waals surface area contributed by atoms with Crippen LogP contribution in [0, 0.1) is 0 Å². The van der Waals surface area contributed by atoms with Gasteiger partial charge in [0.2, 0.25) is 0 Å². The number of carbonyl (C=O) groups excluding carboxylic acids is 1. The first-order chi connectivity index (χ1) is 9.41. The largest absolute Gasteiger partial charge is 0.477 e. The summed E-state index contributed by atoms with van der Waals surface area (Å²) in [6, 6.07) is 6.14. The first-order valence-electron chi connectivity index (χ1n) is 6.01. The summed E-state index contributed by atoms with van der Waals surface area (Å²) in [4.78, 5) is 35.2. The fourth-order valence-electron chi connectivity index (χ4n) is 1.91. The molecule has 6 heteroatoms. The minimum atomic E-state index is -1.49. The van der Waals surface area contributed by atoms with Gasteiger partial charge in [-0.3, -0.25) is 4.79 Å². The lowest BCUT2D eigenvalue weighted by atomic mass is 10.0. The van der Waals surface area contributed by atoms with Crippen LogP contribution in [0.15, 0.2) is 33.5 Å². The molecule has 0 aliphatic heterocycles. The molecule has 2 rings (SSSR count). The number of hydrogen-bond donors (Lipinski definition) is 2. The number of benzene rings is 1. The fourth-order valence-corrected chi connectivity index (χ4v) is 1.91. The van der Waals surface area contributed by atoms with Crippen molar-refractivity contribution < 1.29 is 19.1 Å². The number of aromatic carboxylic acids is 1. The zero-order chi connectivity index (χ0) is 14.9. The Kier molecular flexibility index (Phi) is 3.56. The highest BCUT2D eigenvalue weighted by molar-refractivity contribution is 6.12. The normalized spacial score (nSPS) is 10.8. The summed E-state index contributed by atoms with van der Waals surface area (Å²) in [5.74, 6) is -2.10. The highest BCUT2D eigenvalue weighted by Crippen LogP contribution is 2.20. The van der Waals surface area contributed by atoms with E-state index in [1.54, 1.807) is 32.0 Å². The van der Waals surface area contributed by atoms with Gasteiger partial charge >= 0.3 is 11.6 Å². The number of para-hydroxylation sites is 1. The van der Waals surface area contributed by atoms with Crippen LogP contribution in [-0.2, 0) is 0 Å². The number of carboxylic acid groups (broad SMARTS) is 1. The van der Waals surface area contributed by atoms with E-state index in [2.05, 4.69) is 5.32 Å². The van der Waals surface area contributed by atoms with Crippen LogP contribution < -0.4 is 10.9 Å². The second-order valence-electron chi connectivity index (χ2n) is 4.57. The molecule has 0 spiro atoms. The predicted molar refractivity (Wildman–Crippen MR) is 72.0 cm³/mol. The van der Waals surface area contributed by atoms with Gasteiger partial charge in [-0.15, -0.1) is 0 Å². The van der Waals surface area contributed by atoms with Crippen LogP contribution in [-0.4, -0.2) is 23.0 Å². The molecule has 2 aromatic rings. The maximum Gasteiger partial charge on any atom is 0.351 e. The summed E-state index contributed by atoms with van der Waals surface area (Å²) in [6.45, 7) is 3.48. The molecule has 0 bridgehead atoms. The first-order valence-corrected chi connectivity index (χ1v) is 6.01. The van der Waals surface area contributed by atoms with Crippen LogP contribution in [0.4, 0.5) is 0 Å². The van der Waals surface area contributed by atoms with E-state index in [0.717, 1.165) is 0 Å². The monoisotopic (exact) mass is 275 g/mol. The van der Waals surface area contributed by atoms with E-state index in [1.807, 2.05) is 0 Å². The minimum absolute atomic E-state index is 0.168. The van der Waals surface area contributed by atoms with Crippen LogP contribution in [0.1, 0.15) is 34.6 Å². The van der Waals surface area contributed by atoms with E-state index in [0.29, 0.717) is 5.39 Å². The zero-order valence-corrected chi connectivity index (χ0v) is 11.0. The summed E-state index contributed by atoms with van der Waals surface area (Å²) in [6.07, 6.45) is 0. The summed E-state index contributed by atoms with van der Waals surface area (Å²) in [5.41, 5.74) is -1.68. The molecule has 0 aliphatic carbocycles. The van der Waals surface area contributed by atoms with E-state index in [1.165, 1.54) is 6.07 Å².